The van der Waals surface area contributed by atoms with Gasteiger partial charge in [-0.2, -0.15) is 0 Å². The van der Waals surface area contributed by atoms with E-state index >= 15 is 0 Å². The number of nitrogens with one attached hydrogen (secondary N) is 1. The maximum absolute atomic E-state index is 13.9. The number of hydrogen-bond acceptors (Lipinski definition) is 5. The molecule has 0 aromatic heterocycles. The molecule has 8 heteroatoms. The molecule has 1 aliphatic heterocycles. The first kappa shape index (κ1) is 19.6. The lowest BCUT2D eigenvalue weighted by molar-refractivity contribution is 0.299. The SMILES string of the molecule is COc1ccc(S(=O)(=O)NCC(c2ccc3c(c2)CCO3)N(C)C)cc1F. The molecular formula is C19H23FN2O4S. The highest BCUT2D eigenvalue weighted by Gasteiger charge is 2.22. The van der Waals surface area contributed by atoms with Crippen LogP contribution in [0.4, 0.5) is 4.39 Å². The second kappa shape index (κ2) is 7.84. The first-order chi connectivity index (χ1) is 12.8. The fourth-order valence-electron chi connectivity index (χ4n) is 3.10. The molecule has 0 bridgehead atoms. The van der Waals surface area contributed by atoms with Gasteiger partial charge in [0.2, 0.25) is 10.0 Å². The van der Waals surface area contributed by atoms with Gasteiger partial charge < -0.3 is 14.4 Å². The zero-order valence-electron chi connectivity index (χ0n) is 15.5. The molecule has 1 heterocycles. The van der Waals surface area contributed by atoms with Gasteiger partial charge in [0.25, 0.3) is 0 Å². The van der Waals surface area contributed by atoms with Crippen molar-refractivity contribution < 1.29 is 22.3 Å². The Morgan fingerprint density at radius 2 is 2.04 bits per heavy atom. The molecule has 2 aromatic carbocycles. The van der Waals surface area contributed by atoms with E-state index in [-0.39, 0.29) is 23.2 Å². The minimum Gasteiger partial charge on any atom is -0.494 e. The minimum absolute atomic E-state index is 0.000443. The average Bonchev–Trinajstić information content (AvgIpc) is 3.09. The Kier molecular flexibility index (Phi) is 5.69. The summed E-state index contributed by atoms with van der Waals surface area (Å²) in [4.78, 5) is 1.80. The highest BCUT2D eigenvalue weighted by molar-refractivity contribution is 7.89. The molecular weight excluding hydrogens is 371 g/mol. The standard InChI is InChI=1S/C19H23FN2O4S/c1-22(2)17(13-4-6-18-14(10-13)8-9-26-18)12-21-27(23,24)15-5-7-19(25-3)16(20)11-15/h4-7,10-11,17,21H,8-9,12H2,1-3H3. The third kappa shape index (κ3) is 4.23. The molecule has 1 unspecified atom stereocenters. The number of rotatable bonds is 7. The Balaban J connectivity index is 1.78. The molecule has 0 saturated carbocycles. The van der Waals surface area contributed by atoms with Gasteiger partial charge in [0, 0.05) is 19.0 Å². The van der Waals surface area contributed by atoms with E-state index in [1.54, 1.807) is 0 Å². The van der Waals surface area contributed by atoms with E-state index in [1.807, 2.05) is 37.2 Å². The molecule has 3 rings (SSSR count). The predicted molar refractivity (Wildman–Crippen MR) is 100 cm³/mol. The van der Waals surface area contributed by atoms with Crippen LogP contribution >= 0.6 is 0 Å². The van der Waals surface area contributed by atoms with Gasteiger partial charge in [0.15, 0.2) is 11.6 Å². The van der Waals surface area contributed by atoms with Crippen LogP contribution in [-0.4, -0.2) is 47.7 Å². The van der Waals surface area contributed by atoms with Crippen molar-refractivity contribution in [3.8, 4) is 11.5 Å². The summed E-state index contributed by atoms with van der Waals surface area (Å²) in [6, 6.07) is 9.31. The van der Waals surface area contributed by atoms with Gasteiger partial charge in [-0.3, -0.25) is 0 Å². The van der Waals surface area contributed by atoms with Crippen molar-refractivity contribution in [1.82, 2.24) is 9.62 Å². The highest BCUT2D eigenvalue weighted by atomic mass is 32.2. The quantitative estimate of drug-likeness (QED) is 0.781. The molecule has 0 saturated heterocycles. The van der Waals surface area contributed by atoms with E-state index in [2.05, 4.69) is 4.72 Å². The Labute approximate surface area is 159 Å². The van der Waals surface area contributed by atoms with Gasteiger partial charge >= 0.3 is 0 Å². The molecule has 0 aliphatic carbocycles. The zero-order chi connectivity index (χ0) is 19.6. The van der Waals surface area contributed by atoms with Crippen LogP contribution in [0.15, 0.2) is 41.3 Å². The van der Waals surface area contributed by atoms with Crippen LogP contribution in [0.1, 0.15) is 17.2 Å². The molecule has 0 radical (unpaired) electrons. The molecule has 1 aliphatic rings. The monoisotopic (exact) mass is 394 g/mol. The van der Waals surface area contributed by atoms with Gasteiger partial charge in [0.05, 0.1) is 18.6 Å². The molecule has 2 aromatic rings. The summed E-state index contributed by atoms with van der Waals surface area (Å²) in [6.45, 7) is 0.823. The van der Waals surface area contributed by atoms with Crippen molar-refractivity contribution in [2.24, 2.45) is 0 Å². The molecule has 146 valence electrons. The van der Waals surface area contributed by atoms with Crippen LogP contribution in [0.2, 0.25) is 0 Å². The van der Waals surface area contributed by atoms with Gasteiger partial charge in [0.1, 0.15) is 5.75 Å². The molecule has 0 fully saturated rings. The van der Waals surface area contributed by atoms with Gasteiger partial charge in [-0.1, -0.05) is 12.1 Å². The number of likely N-dealkylation sites (N-methyl/N-ethyl adjacent to an activating group) is 1. The Morgan fingerprint density at radius 1 is 1.26 bits per heavy atom. The lowest BCUT2D eigenvalue weighted by Crippen LogP contribution is -2.34. The number of fused-ring (bicyclic) bond motifs is 1. The van der Waals surface area contributed by atoms with Crippen molar-refractivity contribution >= 4 is 10.0 Å². The van der Waals surface area contributed by atoms with E-state index in [0.717, 1.165) is 29.4 Å². The number of hydrogen-bond donors (Lipinski definition) is 1. The number of halogens is 1. The number of sulfonamides is 1. The second-order valence-corrected chi connectivity index (χ2v) is 8.36. The Bertz CT molecular complexity index is 931. The summed E-state index contributed by atoms with van der Waals surface area (Å²) in [6.07, 6.45) is 0.847. The van der Waals surface area contributed by atoms with E-state index in [0.29, 0.717) is 6.61 Å². The summed E-state index contributed by atoms with van der Waals surface area (Å²) < 4.78 is 51.9. The Morgan fingerprint density at radius 3 is 2.70 bits per heavy atom. The van der Waals surface area contributed by atoms with E-state index in [1.165, 1.54) is 19.2 Å². The van der Waals surface area contributed by atoms with E-state index in [9.17, 15) is 12.8 Å². The van der Waals surface area contributed by atoms with Crippen LogP contribution in [0.25, 0.3) is 0 Å². The molecule has 0 spiro atoms. The maximum atomic E-state index is 13.9. The van der Waals surface area contributed by atoms with Crippen molar-refractivity contribution in [1.29, 1.82) is 0 Å². The normalized spacial score (nSPS) is 14.7. The first-order valence-corrected chi connectivity index (χ1v) is 10.1. The summed E-state index contributed by atoms with van der Waals surface area (Å²) >= 11 is 0. The van der Waals surface area contributed by atoms with Crippen molar-refractivity contribution in [3.63, 3.8) is 0 Å². The molecule has 27 heavy (non-hydrogen) atoms. The fourth-order valence-corrected chi connectivity index (χ4v) is 4.15. The first-order valence-electron chi connectivity index (χ1n) is 8.57. The predicted octanol–water partition coefficient (Wildman–Crippen LogP) is 2.35. The van der Waals surface area contributed by atoms with Crippen LogP contribution in [-0.2, 0) is 16.4 Å². The van der Waals surface area contributed by atoms with Gasteiger partial charge in [-0.05, 0) is 49.5 Å². The van der Waals surface area contributed by atoms with Crippen molar-refractivity contribution in [2.45, 2.75) is 17.4 Å². The summed E-state index contributed by atoms with van der Waals surface area (Å²) in [5.41, 5.74) is 2.12. The van der Waals surface area contributed by atoms with Crippen LogP contribution in [0.3, 0.4) is 0 Å². The third-order valence-electron chi connectivity index (χ3n) is 4.62. The summed E-state index contributed by atoms with van der Waals surface area (Å²) in [7, 11) is 1.24. The zero-order valence-corrected chi connectivity index (χ0v) is 16.3. The topological polar surface area (TPSA) is 67.9 Å². The van der Waals surface area contributed by atoms with Gasteiger partial charge in [-0.25, -0.2) is 17.5 Å². The summed E-state index contributed by atoms with van der Waals surface area (Å²) in [5.74, 6) is 0.161. The minimum atomic E-state index is -3.85. The number of benzene rings is 2. The van der Waals surface area contributed by atoms with Crippen molar-refractivity contribution in [2.75, 3.05) is 34.4 Å². The lowest BCUT2D eigenvalue weighted by Gasteiger charge is -2.25. The largest absolute Gasteiger partial charge is 0.494 e. The average molecular weight is 394 g/mol. The Hall–Kier alpha value is -2.16. The molecule has 6 nitrogen and oxygen atoms in total. The van der Waals surface area contributed by atoms with Gasteiger partial charge in [-0.15, -0.1) is 0 Å². The maximum Gasteiger partial charge on any atom is 0.240 e. The third-order valence-corrected chi connectivity index (χ3v) is 6.04. The fraction of sp³-hybridized carbons (Fsp3) is 0.368. The van der Waals surface area contributed by atoms with Crippen LogP contribution in [0.5, 0.6) is 11.5 Å². The lowest BCUT2D eigenvalue weighted by atomic mass is 10.0. The van der Waals surface area contributed by atoms with Crippen molar-refractivity contribution in [3.05, 3.63) is 53.3 Å². The van der Waals surface area contributed by atoms with Crippen LogP contribution in [0, 0.1) is 5.82 Å². The summed E-state index contributed by atoms with van der Waals surface area (Å²) in [5, 5.41) is 0. The number of nitrogens with zero attached hydrogens (tertiary/aromatic N) is 1. The van der Waals surface area contributed by atoms with Crippen LogP contribution < -0.4 is 14.2 Å². The molecule has 1 N–H and O–H groups in total. The second-order valence-electron chi connectivity index (χ2n) is 6.59. The number of methoxy groups -OCH3 is 1. The number of ether oxygens (including phenoxy) is 2. The van der Waals surface area contributed by atoms with E-state index < -0.39 is 15.8 Å². The molecule has 0 amide bonds. The smallest absolute Gasteiger partial charge is 0.240 e. The highest BCUT2D eigenvalue weighted by Crippen LogP contribution is 2.29. The molecule has 1 atom stereocenters. The van der Waals surface area contributed by atoms with E-state index in [4.69, 9.17) is 9.47 Å².